The number of ketones is 1. The van der Waals surface area contributed by atoms with Crippen molar-refractivity contribution >= 4 is 29.0 Å². The number of benzene rings is 3. The van der Waals surface area contributed by atoms with Gasteiger partial charge in [-0.1, -0.05) is 99.6 Å². The van der Waals surface area contributed by atoms with Gasteiger partial charge in [-0.2, -0.15) is 0 Å². The molecule has 0 radical (unpaired) electrons. The third-order valence-corrected chi connectivity index (χ3v) is 10.4. The first-order chi connectivity index (χ1) is 23.1. The monoisotopic (exact) mass is 657 g/mol. The molecule has 7 nitrogen and oxygen atoms in total. The molecule has 6 rings (SSSR count). The molecule has 2 aromatic heterocycles. The van der Waals surface area contributed by atoms with Crippen molar-refractivity contribution in [3.63, 3.8) is 0 Å². The van der Waals surface area contributed by atoms with Crippen molar-refractivity contribution in [3.8, 4) is 33.6 Å². The maximum atomic E-state index is 13.8. The molecule has 1 amide bonds. The number of carbonyl (C=O) groups excluding carboxylic acids is 2. The van der Waals surface area contributed by atoms with Crippen LogP contribution in [-0.4, -0.2) is 50.2 Å². The Kier molecular flexibility index (Phi) is 9.64. The highest BCUT2D eigenvalue weighted by Crippen LogP contribution is 2.32. The van der Waals surface area contributed by atoms with E-state index in [2.05, 4.69) is 67.1 Å². The molecule has 0 spiro atoms. The number of nitrogens with zero attached hydrogens (tertiary/aromatic N) is 3. The van der Waals surface area contributed by atoms with Crippen molar-refractivity contribution in [2.75, 3.05) is 6.54 Å². The average molecular weight is 658 g/mol. The molecule has 1 aliphatic rings. The maximum Gasteiger partial charge on any atom is 0.326 e. The van der Waals surface area contributed by atoms with E-state index in [-0.39, 0.29) is 23.5 Å². The summed E-state index contributed by atoms with van der Waals surface area (Å²) < 4.78 is 0. The van der Waals surface area contributed by atoms with Crippen molar-refractivity contribution in [3.05, 3.63) is 119 Å². The first-order valence-corrected chi connectivity index (χ1v) is 17.1. The van der Waals surface area contributed by atoms with Gasteiger partial charge in [0.2, 0.25) is 5.91 Å². The van der Waals surface area contributed by atoms with Crippen LogP contribution in [0.25, 0.3) is 33.6 Å². The van der Waals surface area contributed by atoms with Crippen molar-refractivity contribution in [2.45, 2.75) is 57.9 Å². The highest BCUT2D eigenvalue weighted by Gasteiger charge is 2.38. The predicted molar refractivity (Wildman–Crippen MR) is 190 cm³/mol. The number of thiophene rings is 1. The van der Waals surface area contributed by atoms with E-state index in [1.165, 1.54) is 21.8 Å². The molecule has 2 atom stereocenters. The fourth-order valence-electron chi connectivity index (χ4n) is 6.17. The van der Waals surface area contributed by atoms with Gasteiger partial charge in [-0.25, -0.2) is 14.8 Å². The van der Waals surface area contributed by atoms with Gasteiger partial charge < -0.3 is 10.0 Å². The second kappa shape index (κ2) is 14.0. The highest BCUT2D eigenvalue weighted by molar-refractivity contribution is 7.14. The van der Waals surface area contributed by atoms with Crippen LogP contribution in [0.3, 0.4) is 0 Å². The minimum Gasteiger partial charge on any atom is -0.480 e. The van der Waals surface area contributed by atoms with Gasteiger partial charge in [-0.15, -0.1) is 11.3 Å². The minimum atomic E-state index is -1.00. The average Bonchev–Trinajstić information content (AvgIpc) is 3.80. The van der Waals surface area contributed by atoms with Gasteiger partial charge in [0.05, 0.1) is 4.88 Å². The Labute approximate surface area is 285 Å². The number of carboxylic acids is 1. The van der Waals surface area contributed by atoms with Crippen LogP contribution in [0.5, 0.6) is 0 Å². The third kappa shape index (κ3) is 7.44. The Hall–Kier alpha value is -4.95. The smallest absolute Gasteiger partial charge is 0.326 e. The summed E-state index contributed by atoms with van der Waals surface area (Å²) in [4.78, 5) is 51.6. The number of Topliss-reactive ketones (excluding diaryl/α,β-unsaturated/α-hetero) is 1. The summed E-state index contributed by atoms with van der Waals surface area (Å²) in [6.45, 7) is 6.70. The zero-order valence-electron chi connectivity index (χ0n) is 27.4. The lowest BCUT2D eigenvalue weighted by Crippen LogP contribution is -2.44. The van der Waals surface area contributed by atoms with E-state index < -0.39 is 17.9 Å². The number of hydrogen-bond acceptors (Lipinski definition) is 6. The molecule has 0 saturated carbocycles. The first kappa shape index (κ1) is 33.0. The standard InChI is InChI=1S/C40H39N3O4S/c1-40(2,3)36-20-19-35(48-36)34(44)23-31(38(45)43-21-7-10-33(43)39(46)47)22-26-11-13-30(14-12-26)37-41-24-32(25-42-37)29-17-15-28(16-18-29)27-8-5-4-6-9-27/h4-6,8-9,11-20,24-25,31,33H,7,10,21-23H2,1-3H3,(H,46,47)/t31-,33+/m1/s1. The molecule has 0 aliphatic carbocycles. The van der Waals surface area contributed by atoms with Crippen LogP contribution in [0, 0.1) is 5.92 Å². The number of carbonyl (C=O) groups is 3. The number of likely N-dealkylation sites (tertiary alicyclic amines) is 1. The number of aliphatic carboxylic acids is 1. The van der Waals surface area contributed by atoms with Crippen LogP contribution in [0.15, 0.2) is 103 Å². The molecule has 0 bridgehead atoms. The third-order valence-electron chi connectivity index (χ3n) is 8.89. The van der Waals surface area contributed by atoms with Crippen LogP contribution in [0.4, 0.5) is 0 Å². The Morgan fingerprint density at radius 1 is 0.812 bits per heavy atom. The second-order valence-corrected chi connectivity index (χ2v) is 14.5. The summed E-state index contributed by atoms with van der Waals surface area (Å²) in [5.74, 6) is -1.46. The summed E-state index contributed by atoms with van der Waals surface area (Å²) in [5.41, 5.74) is 5.90. The summed E-state index contributed by atoms with van der Waals surface area (Å²) >= 11 is 1.46. The van der Waals surface area contributed by atoms with Crippen molar-refractivity contribution < 1.29 is 19.5 Å². The van der Waals surface area contributed by atoms with Crippen molar-refractivity contribution in [1.29, 1.82) is 0 Å². The lowest BCUT2D eigenvalue weighted by molar-refractivity contribution is -0.149. The van der Waals surface area contributed by atoms with Crippen LogP contribution in [0.1, 0.15) is 60.1 Å². The largest absolute Gasteiger partial charge is 0.480 e. The van der Waals surface area contributed by atoms with E-state index in [0.29, 0.717) is 36.5 Å². The van der Waals surface area contributed by atoms with Gasteiger partial charge in [0.1, 0.15) is 6.04 Å². The van der Waals surface area contributed by atoms with Gasteiger partial charge in [0, 0.05) is 47.3 Å². The lowest BCUT2D eigenvalue weighted by Gasteiger charge is -2.26. The molecule has 3 heterocycles. The molecule has 0 unspecified atom stereocenters. The number of hydrogen-bond donors (Lipinski definition) is 1. The minimum absolute atomic E-state index is 0.0183. The molecule has 5 aromatic rings. The van der Waals surface area contributed by atoms with E-state index in [4.69, 9.17) is 0 Å². The molecule has 48 heavy (non-hydrogen) atoms. The summed E-state index contributed by atoms with van der Waals surface area (Å²) in [5, 5.41) is 9.75. The van der Waals surface area contributed by atoms with Crippen molar-refractivity contribution in [2.24, 2.45) is 5.92 Å². The molecule has 1 fully saturated rings. The topological polar surface area (TPSA) is 100 Å². The number of rotatable bonds is 10. The summed E-state index contributed by atoms with van der Waals surface area (Å²) in [7, 11) is 0. The van der Waals surface area contributed by atoms with Crippen molar-refractivity contribution in [1.82, 2.24) is 14.9 Å². The predicted octanol–water partition coefficient (Wildman–Crippen LogP) is 8.34. The van der Waals surface area contributed by atoms with E-state index in [0.717, 1.165) is 32.7 Å². The van der Waals surface area contributed by atoms with Gasteiger partial charge in [0.15, 0.2) is 11.6 Å². The van der Waals surface area contributed by atoms with E-state index >= 15 is 0 Å². The summed E-state index contributed by atoms with van der Waals surface area (Å²) in [6, 6.07) is 29.2. The molecular formula is C40H39N3O4S. The van der Waals surface area contributed by atoms with Gasteiger partial charge in [-0.3, -0.25) is 9.59 Å². The number of amides is 1. The number of carboxylic acid groups (broad SMARTS) is 1. The molecule has 8 heteroatoms. The Morgan fingerprint density at radius 3 is 2.02 bits per heavy atom. The zero-order valence-corrected chi connectivity index (χ0v) is 28.2. The highest BCUT2D eigenvalue weighted by atomic mass is 32.1. The molecule has 3 aromatic carbocycles. The van der Waals surface area contributed by atoms with Gasteiger partial charge in [0.25, 0.3) is 0 Å². The molecular weight excluding hydrogens is 619 g/mol. The normalized spacial score (nSPS) is 15.3. The molecule has 1 saturated heterocycles. The van der Waals surface area contributed by atoms with E-state index in [9.17, 15) is 19.5 Å². The Balaban J connectivity index is 1.17. The quantitative estimate of drug-likeness (QED) is 0.152. The Morgan fingerprint density at radius 2 is 1.42 bits per heavy atom. The van der Waals surface area contributed by atoms with Crippen LogP contribution < -0.4 is 0 Å². The van der Waals surface area contributed by atoms with E-state index in [1.807, 2.05) is 67.0 Å². The zero-order chi connectivity index (χ0) is 33.8. The summed E-state index contributed by atoms with van der Waals surface area (Å²) in [6.07, 6.45) is 5.04. The molecule has 1 N–H and O–H groups in total. The van der Waals surface area contributed by atoms with Crippen LogP contribution >= 0.6 is 11.3 Å². The first-order valence-electron chi connectivity index (χ1n) is 16.3. The maximum absolute atomic E-state index is 13.8. The molecule has 244 valence electrons. The van der Waals surface area contributed by atoms with Crippen LogP contribution in [0.2, 0.25) is 0 Å². The van der Waals surface area contributed by atoms with Gasteiger partial charge in [-0.05, 0) is 59.1 Å². The second-order valence-electron chi connectivity index (χ2n) is 13.4. The number of aromatic nitrogens is 2. The molecule has 1 aliphatic heterocycles. The lowest BCUT2D eigenvalue weighted by atomic mass is 9.91. The fourth-order valence-corrected chi connectivity index (χ4v) is 7.18. The fraction of sp³-hybridized carbons (Fsp3) is 0.275. The Bertz CT molecular complexity index is 1890. The SMILES string of the molecule is CC(C)(C)c1ccc(C(=O)C[C@@H](Cc2ccc(-c3ncc(-c4ccc(-c5ccccc5)cc4)cn3)cc2)C(=O)N2CCC[C@H]2C(=O)O)s1. The van der Waals surface area contributed by atoms with E-state index in [1.54, 1.807) is 0 Å². The van der Waals surface area contributed by atoms with Gasteiger partial charge >= 0.3 is 5.97 Å². The van der Waals surface area contributed by atoms with Crippen LogP contribution in [-0.2, 0) is 21.4 Å².